The number of hydrogen-bond donors (Lipinski definition) is 1. The minimum Gasteiger partial charge on any atom is -0.403 e. The number of nitrogens with zero attached hydrogens (tertiary/aromatic N) is 3. The van der Waals surface area contributed by atoms with Crippen LogP contribution in [0.15, 0.2) is 53.1 Å². The van der Waals surface area contributed by atoms with Crippen molar-refractivity contribution in [2.24, 2.45) is 0 Å². The van der Waals surface area contributed by atoms with Gasteiger partial charge in [-0.3, -0.25) is 10.1 Å². The van der Waals surface area contributed by atoms with Crippen LogP contribution in [0.1, 0.15) is 10.4 Å². The number of halogens is 1. The molecule has 0 aliphatic rings. The first-order valence-corrected chi connectivity index (χ1v) is 6.42. The van der Waals surface area contributed by atoms with Crippen molar-refractivity contribution in [1.29, 1.82) is 0 Å². The van der Waals surface area contributed by atoms with Gasteiger partial charge in [-0.25, -0.2) is 4.98 Å². The van der Waals surface area contributed by atoms with Crippen LogP contribution in [0.5, 0.6) is 0 Å². The Bertz CT molecular complexity index is 773. The van der Waals surface area contributed by atoms with Crippen LogP contribution < -0.4 is 5.32 Å². The van der Waals surface area contributed by atoms with E-state index in [-0.39, 0.29) is 11.2 Å². The molecule has 0 aliphatic carbocycles. The molecule has 0 spiro atoms. The normalized spacial score (nSPS) is 10.3. The van der Waals surface area contributed by atoms with Crippen molar-refractivity contribution in [3.05, 3.63) is 59.4 Å². The third-order valence-corrected chi connectivity index (χ3v) is 2.86. The van der Waals surface area contributed by atoms with Crippen LogP contribution in [-0.4, -0.2) is 21.1 Å². The predicted octanol–water partition coefficient (Wildman–Crippen LogP) is 3.04. The van der Waals surface area contributed by atoms with Gasteiger partial charge in [0, 0.05) is 17.3 Å². The fourth-order valence-corrected chi connectivity index (χ4v) is 1.86. The summed E-state index contributed by atoms with van der Waals surface area (Å²) in [7, 11) is 0. The van der Waals surface area contributed by atoms with Gasteiger partial charge in [-0.15, -0.1) is 5.10 Å². The largest absolute Gasteiger partial charge is 0.403 e. The lowest BCUT2D eigenvalue weighted by Gasteiger charge is -2.00. The molecule has 2 aromatic heterocycles. The van der Waals surface area contributed by atoms with Gasteiger partial charge in [-0.1, -0.05) is 34.9 Å². The number of aromatic nitrogens is 3. The Balaban J connectivity index is 1.77. The molecule has 0 atom stereocenters. The van der Waals surface area contributed by atoms with Crippen molar-refractivity contribution in [2.45, 2.75) is 0 Å². The fourth-order valence-electron chi connectivity index (χ4n) is 1.68. The molecule has 6 nitrogen and oxygen atoms in total. The van der Waals surface area contributed by atoms with E-state index in [4.69, 9.17) is 16.0 Å². The summed E-state index contributed by atoms with van der Waals surface area (Å²) in [5, 5.41) is 10.4. The van der Waals surface area contributed by atoms with Crippen LogP contribution in [0.4, 0.5) is 6.01 Å². The third kappa shape index (κ3) is 3.06. The summed E-state index contributed by atoms with van der Waals surface area (Å²) in [6.07, 6.45) is 1.44. The third-order valence-electron chi connectivity index (χ3n) is 2.65. The average Bonchev–Trinajstić information content (AvgIpc) is 2.97. The lowest BCUT2D eigenvalue weighted by molar-refractivity contribution is 0.102. The molecule has 3 rings (SSSR count). The Labute approximate surface area is 124 Å². The first kappa shape index (κ1) is 13.3. The zero-order chi connectivity index (χ0) is 14.7. The molecule has 21 heavy (non-hydrogen) atoms. The van der Waals surface area contributed by atoms with E-state index in [1.165, 1.54) is 18.3 Å². The Morgan fingerprint density at radius 1 is 1.14 bits per heavy atom. The molecule has 2 heterocycles. The quantitative estimate of drug-likeness (QED) is 0.752. The van der Waals surface area contributed by atoms with Gasteiger partial charge in [-0.05, 0) is 24.3 Å². The Kier molecular flexibility index (Phi) is 3.61. The molecule has 1 N–H and O–H groups in total. The highest BCUT2D eigenvalue weighted by Crippen LogP contribution is 2.19. The van der Waals surface area contributed by atoms with Crippen molar-refractivity contribution in [1.82, 2.24) is 15.2 Å². The Morgan fingerprint density at radius 2 is 1.95 bits per heavy atom. The highest BCUT2D eigenvalue weighted by molar-refractivity contribution is 6.29. The number of amides is 1. The second-order valence-electron chi connectivity index (χ2n) is 4.10. The monoisotopic (exact) mass is 300 g/mol. The smallest absolute Gasteiger partial charge is 0.322 e. The Hall–Kier alpha value is -2.73. The number of anilines is 1. The maximum atomic E-state index is 12.0. The molecule has 104 valence electrons. The number of nitrogens with one attached hydrogen (secondary N) is 1. The number of pyridine rings is 1. The fraction of sp³-hybridized carbons (Fsp3) is 0. The van der Waals surface area contributed by atoms with E-state index in [0.717, 1.165) is 5.56 Å². The number of carbonyl (C=O) groups excluding carboxylic acids is 1. The maximum Gasteiger partial charge on any atom is 0.322 e. The minimum absolute atomic E-state index is 0.0202. The first-order valence-electron chi connectivity index (χ1n) is 6.04. The van der Waals surface area contributed by atoms with E-state index in [0.29, 0.717) is 11.5 Å². The van der Waals surface area contributed by atoms with Crippen molar-refractivity contribution in [3.8, 4) is 11.5 Å². The molecule has 0 aliphatic heterocycles. The second-order valence-corrected chi connectivity index (χ2v) is 4.49. The van der Waals surface area contributed by atoms with Gasteiger partial charge in [-0.2, -0.15) is 0 Å². The molecule has 3 aromatic rings. The van der Waals surface area contributed by atoms with Crippen LogP contribution in [0.25, 0.3) is 11.5 Å². The van der Waals surface area contributed by atoms with E-state index >= 15 is 0 Å². The van der Waals surface area contributed by atoms with Gasteiger partial charge in [0.25, 0.3) is 5.91 Å². The summed E-state index contributed by atoms with van der Waals surface area (Å²) in [6, 6.07) is 12.3. The van der Waals surface area contributed by atoms with Gasteiger partial charge in [0.15, 0.2) is 0 Å². The summed E-state index contributed by atoms with van der Waals surface area (Å²) in [6.45, 7) is 0. The number of benzene rings is 1. The van der Waals surface area contributed by atoms with Gasteiger partial charge in [0.05, 0.1) is 0 Å². The molecule has 0 saturated heterocycles. The molecule has 0 unspecified atom stereocenters. The van der Waals surface area contributed by atoms with Crippen LogP contribution in [-0.2, 0) is 0 Å². The van der Waals surface area contributed by atoms with E-state index < -0.39 is 5.91 Å². The topological polar surface area (TPSA) is 80.9 Å². The molecule has 0 radical (unpaired) electrons. The van der Waals surface area contributed by atoms with Crippen LogP contribution >= 0.6 is 11.6 Å². The molecule has 7 heteroatoms. The van der Waals surface area contributed by atoms with E-state index in [2.05, 4.69) is 20.5 Å². The predicted molar refractivity (Wildman–Crippen MR) is 76.9 cm³/mol. The van der Waals surface area contributed by atoms with Crippen molar-refractivity contribution >= 4 is 23.5 Å². The summed E-state index contributed by atoms with van der Waals surface area (Å²) in [4.78, 5) is 15.8. The van der Waals surface area contributed by atoms with Crippen LogP contribution in [0, 0.1) is 0 Å². The van der Waals surface area contributed by atoms with Gasteiger partial charge >= 0.3 is 6.01 Å². The summed E-state index contributed by atoms with van der Waals surface area (Å²) >= 11 is 5.73. The lowest BCUT2D eigenvalue weighted by atomic mass is 10.2. The SMILES string of the molecule is O=C(Nc1nnc(-c2ccccc2)o1)c1ccnc(Cl)c1. The maximum absolute atomic E-state index is 12.0. The second kappa shape index (κ2) is 5.72. The van der Waals surface area contributed by atoms with Crippen molar-refractivity contribution < 1.29 is 9.21 Å². The molecular formula is C14H9ClN4O2. The molecule has 0 bridgehead atoms. The van der Waals surface area contributed by atoms with Crippen LogP contribution in [0.3, 0.4) is 0 Å². The van der Waals surface area contributed by atoms with Gasteiger partial charge in [0.1, 0.15) is 5.15 Å². The summed E-state index contributed by atoms with van der Waals surface area (Å²) < 4.78 is 5.39. The van der Waals surface area contributed by atoms with Gasteiger partial charge < -0.3 is 4.42 Å². The van der Waals surface area contributed by atoms with Crippen LogP contribution in [0.2, 0.25) is 5.15 Å². The van der Waals surface area contributed by atoms with E-state index in [9.17, 15) is 4.79 Å². The number of hydrogen-bond acceptors (Lipinski definition) is 5. The Morgan fingerprint density at radius 3 is 2.71 bits per heavy atom. The minimum atomic E-state index is -0.400. The number of carbonyl (C=O) groups is 1. The highest BCUT2D eigenvalue weighted by atomic mass is 35.5. The molecule has 1 amide bonds. The first-order chi connectivity index (χ1) is 10.2. The molecule has 1 aromatic carbocycles. The summed E-state index contributed by atoms with van der Waals surface area (Å²) in [5.74, 6) is -0.0683. The standard InChI is InChI=1S/C14H9ClN4O2/c15-11-8-10(6-7-16-11)12(20)17-14-19-18-13(21-14)9-4-2-1-3-5-9/h1-8H,(H,17,19,20). The zero-order valence-corrected chi connectivity index (χ0v) is 11.4. The molecular weight excluding hydrogens is 292 g/mol. The van der Waals surface area contributed by atoms with E-state index in [1.807, 2.05) is 30.3 Å². The van der Waals surface area contributed by atoms with Crippen molar-refractivity contribution in [3.63, 3.8) is 0 Å². The summed E-state index contributed by atoms with van der Waals surface area (Å²) in [5.41, 5.74) is 1.13. The lowest BCUT2D eigenvalue weighted by Crippen LogP contribution is -2.12. The molecule has 0 saturated carbocycles. The highest BCUT2D eigenvalue weighted by Gasteiger charge is 2.12. The van der Waals surface area contributed by atoms with E-state index in [1.54, 1.807) is 0 Å². The number of rotatable bonds is 3. The van der Waals surface area contributed by atoms with Gasteiger partial charge in [0.2, 0.25) is 5.89 Å². The molecule has 0 fully saturated rings. The zero-order valence-electron chi connectivity index (χ0n) is 10.7. The van der Waals surface area contributed by atoms with Crippen molar-refractivity contribution in [2.75, 3.05) is 5.32 Å². The average molecular weight is 301 g/mol.